The van der Waals surface area contributed by atoms with Crippen molar-refractivity contribution in [2.45, 2.75) is 19.8 Å². The fourth-order valence-electron chi connectivity index (χ4n) is 4.67. The second-order valence-corrected chi connectivity index (χ2v) is 8.79. The number of hydrogen-bond donors (Lipinski definition) is 0. The topological polar surface area (TPSA) is 53.5 Å². The summed E-state index contributed by atoms with van der Waals surface area (Å²) in [6.45, 7) is 3.84. The van der Waals surface area contributed by atoms with Crippen LogP contribution in [0, 0.1) is 0 Å². The Kier molecular flexibility index (Phi) is 5.43. The molecule has 32 heavy (non-hydrogen) atoms. The highest BCUT2D eigenvalue weighted by Gasteiger charge is 2.30. The highest BCUT2D eigenvalue weighted by Crippen LogP contribution is 2.38. The lowest BCUT2D eigenvalue weighted by Crippen LogP contribution is -2.50. The van der Waals surface area contributed by atoms with Crippen LogP contribution < -0.4 is 0 Å². The number of fused-ring (bicyclic) bond motifs is 2. The summed E-state index contributed by atoms with van der Waals surface area (Å²) in [4.78, 5) is 34.0. The Bertz CT molecular complexity index is 1240. The summed E-state index contributed by atoms with van der Waals surface area (Å²) in [5, 5.41) is 1.61. The van der Waals surface area contributed by atoms with Crippen molar-refractivity contribution in [2.75, 3.05) is 26.2 Å². The van der Waals surface area contributed by atoms with Gasteiger partial charge in [0, 0.05) is 43.5 Å². The van der Waals surface area contributed by atoms with Gasteiger partial charge in [-0.05, 0) is 53.8 Å². The molecule has 1 aliphatic heterocycles. The SMILES string of the molecule is CC(=O)N1CCN(C(=O)c2c3c(nc4ccccc24)C(=Cc2ccc(Cl)cc2)CC3)CC1. The van der Waals surface area contributed by atoms with Crippen molar-refractivity contribution in [3.05, 3.63) is 75.9 Å². The zero-order valence-electron chi connectivity index (χ0n) is 18.0. The van der Waals surface area contributed by atoms with Crippen molar-refractivity contribution in [3.63, 3.8) is 0 Å². The summed E-state index contributed by atoms with van der Waals surface area (Å²) < 4.78 is 0. The van der Waals surface area contributed by atoms with Gasteiger partial charge >= 0.3 is 0 Å². The minimum absolute atomic E-state index is 0.0378. The fraction of sp³-hybridized carbons (Fsp3) is 0.269. The van der Waals surface area contributed by atoms with Crippen LogP contribution in [0.2, 0.25) is 5.02 Å². The summed E-state index contributed by atoms with van der Waals surface area (Å²) in [6, 6.07) is 15.6. The highest BCUT2D eigenvalue weighted by molar-refractivity contribution is 6.30. The second-order valence-electron chi connectivity index (χ2n) is 8.35. The number of benzene rings is 2. The average Bonchev–Trinajstić information content (AvgIpc) is 3.20. The summed E-state index contributed by atoms with van der Waals surface area (Å²) in [5.41, 5.74) is 5.76. The van der Waals surface area contributed by atoms with Crippen LogP contribution in [0.15, 0.2) is 48.5 Å². The van der Waals surface area contributed by atoms with E-state index < -0.39 is 0 Å². The molecule has 0 bridgehead atoms. The van der Waals surface area contributed by atoms with Crippen LogP contribution in [0.1, 0.15) is 40.5 Å². The van der Waals surface area contributed by atoms with E-state index in [1.807, 2.05) is 53.4 Å². The van der Waals surface area contributed by atoms with E-state index in [1.165, 1.54) is 0 Å². The molecule has 5 rings (SSSR count). The van der Waals surface area contributed by atoms with E-state index in [0.717, 1.165) is 51.7 Å². The number of carbonyl (C=O) groups is 2. The van der Waals surface area contributed by atoms with Crippen LogP contribution in [-0.4, -0.2) is 52.8 Å². The Morgan fingerprint density at radius 3 is 2.34 bits per heavy atom. The van der Waals surface area contributed by atoms with E-state index in [-0.39, 0.29) is 11.8 Å². The molecule has 5 nitrogen and oxygen atoms in total. The van der Waals surface area contributed by atoms with E-state index in [1.54, 1.807) is 11.8 Å². The zero-order chi connectivity index (χ0) is 22.2. The zero-order valence-corrected chi connectivity index (χ0v) is 18.7. The lowest BCUT2D eigenvalue weighted by atomic mass is 9.99. The van der Waals surface area contributed by atoms with Gasteiger partial charge in [-0.2, -0.15) is 0 Å². The number of para-hydroxylation sites is 1. The smallest absolute Gasteiger partial charge is 0.255 e. The molecule has 3 aromatic rings. The van der Waals surface area contributed by atoms with Gasteiger partial charge in [0.15, 0.2) is 0 Å². The minimum Gasteiger partial charge on any atom is -0.339 e. The summed E-state index contributed by atoms with van der Waals surface area (Å²) in [5.74, 6) is 0.0973. The molecule has 162 valence electrons. The highest BCUT2D eigenvalue weighted by atomic mass is 35.5. The minimum atomic E-state index is 0.0378. The molecule has 2 heterocycles. The predicted molar refractivity (Wildman–Crippen MR) is 128 cm³/mol. The molecule has 0 spiro atoms. The van der Waals surface area contributed by atoms with Gasteiger partial charge in [-0.15, -0.1) is 0 Å². The van der Waals surface area contributed by atoms with E-state index in [0.29, 0.717) is 31.2 Å². The maximum absolute atomic E-state index is 13.7. The number of pyridine rings is 1. The summed E-state index contributed by atoms with van der Waals surface area (Å²) in [6.07, 6.45) is 3.78. The molecule has 1 aliphatic carbocycles. The maximum atomic E-state index is 13.7. The van der Waals surface area contributed by atoms with Crippen LogP contribution in [0.25, 0.3) is 22.6 Å². The van der Waals surface area contributed by atoms with Crippen molar-refractivity contribution in [1.82, 2.24) is 14.8 Å². The number of piperazine rings is 1. The molecule has 1 aromatic heterocycles. The molecule has 2 amide bonds. The van der Waals surface area contributed by atoms with Gasteiger partial charge in [0.1, 0.15) is 0 Å². The van der Waals surface area contributed by atoms with E-state index in [4.69, 9.17) is 16.6 Å². The van der Waals surface area contributed by atoms with Gasteiger partial charge in [0.05, 0.1) is 16.8 Å². The maximum Gasteiger partial charge on any atom is 0.255 e. The predicted octanol–water partition coefficient (Wildman–Crippen LogP) is 4.68. The van der Waals surface area contributed by atoms with Crippen LogP contribution in [0.5, 0.6) is 0 Å². The molecule has 2 aromatic carbocycles. The van der Waals surface area contributed by atoms with E-state index in [2.05, 4.69) is 6.08 Å². The molecule has 6 heteroatoms. The molecule has 1 fully saturated rings. The molecule has 2 aliphatic rings. The van der Waals surface area contributed by atoms with Crippen LogP contribution in [0.3, 0.4) is 0 Å². The van der Waals surface area contributed by atoms with Gasteiger partial charge in [-0.25, -0.2) is 4.98 Å². The van der Waals surface area contributed by atoms with E-state index >= 15 is 0 Å². The molecule has 0 saturated carbocycles. The number of nitrogens with zero attached hydrogens (tertiary/aromatic N) is 3. The first-order valence-corrected chi connectivity index (χ1v) is 11.3. The van der Waals surface area contributed by atoms with Crippen molar-refractivity contribution in [3.8, 4) is 0 Å². The fourth-order valence-corrected chi connectivity index (χ4v) is 4.79. The second kappa shape index (κ2) is 8.40. The quantitative estimate of drug-likeness (QED) is 0.575. The van der Waals surface area contributed by atoms with Crippen LogP contribution in [-0.2, 0) is 11.2 Å². The average molecular weight is 446 g/mol. The van der Waals surface area contributed by atoms with Crippen LogP contribution in [0.4, 0.5) is 0 Å². The molecule has 0 unspecified atom stereocenters. The Morgan fingerprint density at radius 1 is 0.938 bits per heavy atom. The number of aromatic nitrogens is 1. The van der Waals surface area contributed by atoms with Gasteiger partial charge < -0.3 is 9.80 Å². The Hall–Kier alpha value is -3.18. The van der Waals surface area contributed by atoms with E-state index in [9.17, 15) is 9.59 Å². The third-order valence-electron chi connectivity index (χ3n) is 6.38. The number of carbonyl (C=O) groups excluding carboxylic acids is 2. The van der Waals surface area contributed by atoms with Gasteiger partial charge in [0.25, 0.3) is 5.91 Å². The number of rotatable bonds is 2. The summed E-state index contributed by atoms with van der Waals surface area (Å²) >= 11 is 6.03. The molecular weight excluding hydrogens is 422 g/mol. The first kappa shape index (κ1) is 20.7. The van der Waals surface area contributed by atoms with Gasteiger partial charge in [-0.1, -0.05) is 41.9 Å². The first-order chi connectivity index (χ1) is 15.5. The number of hydrogen-bond acceptors (Lipinski definition) is 3. The lowest BCUT2D eigenvalue weighted by Gasteiger charge is -2.34. The van der Waals surface area contributed by atoms with Crippen molar-refractivity contribution < 1.29 is 9.59 Å². The lowest BCUT2D eigenvalue weighted by molar-refractivity contribution is -0.130. The molecular formula is C26H24ClN3O2. The molecule has 0 radical (unpaired) electrons. The van der Waals surface area contributed by atoms with Gasteiger partial charge in [0.2, 0.25) is 5.91 Å². The monoisotopic (exact) mass is 445 g/mol. The standard InChI is InChI=1S/C26H24ClN3O2/c1-17(31)29-12-14-30(15-13-29)26(32)24-21-4-2-3-5-23(21)28-25-19(8-11-22(24)25)16-18-6-9-20(27)10-7-18/h2-7,9-10,16H,8,11-15H2,1H3. The van der Waals surface area contributed by atoms with Crippen molar-refractivity contribution >= 4 is 46.0 Å². The Balaban J connectivity index is 1.56. The normalized spacial score (nSPS) is 17.1. The Labute approximate surface area is 192 Å². The largest absolute Gasteiger partial charge is 0.339 e. The number of halogens is 1. The first-order valence-electron chi connectivity index (χ1n) is 10.9. The third-order valence-corrected chi connectivity index (χ3v) is 6.63. The Morgan fingerprint density at radius 2 is 1.62 bits per heavy atom. The summed E-state index contributed by atoms with van der Waals surface area (Å²) in [7, 11) is 0. The molecule has 0 atom stereocenters. The van der Waals surface area contributed by atoms with Gasteiger partial charge in [-0.3, -0.25) is 9.59 Å². The third kappa shape index (κ3) is 3.78. The van der Waals surface area contributed by atoms with Crippen LogP contribution >= 0.6 is 11.6 Å². The van der Waals surface area contributed by atoms with Crippen molar-refractivity contribution in [2.24, 2.45) is 0 Å². The van der Waals surface area contributed by atoms with Crippen molar-refractivity contribution in [1.29, 1.82) is 0 Å². The molecule has 1 saturated heterocycles. The molecule has 0 N–H and O–H groups in total. The number of amides is 2. The number of allylic oxidation sites excluding steroid dienone is 1.